The molecule has 2 rings (SSSR count). The normalized spacial score (nSPS) is 16.3. The Kier molecular flexibility index (Phi) is 3.66. The third-order valence-electron chi connectivity index (χ3n) is 3.29. The zero-order valence-corrected chi connectivity index (χ0v) is 11.5. The van der Waals surface area contributed by atoms with Crippen molar-refractivity contribution in [3.63, 3.8) is 0 Å². The lowest BCUT2D eigenvalue weighted by Gasteiger charge is -2.23. The maximum atomic E-state index is 12.2. The van der Waals surface area contributed by atoms with Gasteiger partial charge in [-0.1, -0.05) is 0 Å². The molecule has 0 aliphatic carbocycles. The van der Waals surface area contributed by atoms with E-state index in [2.05, 4.69) is 0 Å². The number of benzene rings is 1. The summed E-state index contributed by atoms with van der Waals surface area (Å²) in [6.45, 7) is 5.46. The molecule has 19 heavy (non-hydrogen) atoms. The van der Waals surface area contributed by atoms with Gasteiger partial charge in [-0.2, -0.15) is 0 Å². The molecule has 1 aromatic carbocycles. The zero-order chi connectivity index (χ0) is 14.0. The zero-order valence-electron chi connectivity index (χ0n) is 11.5. The fraction of sp³-hybridized carbons (Fsp3) is 0.500. The molecular formula is C14H21N3O2. The molecule has 1 fully saturated rings. The predicted octanol–water partition coefficient (Wildman–Crippen LogP) is 1.67. The number of anilines is 2. The summed E-state index contributed by atoms with van der Waals surface area (Å²) < 4.78 is 0. The van der Waals surface area contributed by atoms with Crippen LogP contribution < -0.4 is 10.6 Å². The molecule has 0 radical (unpaired) electrons. The van der Waals surface area contributed by atoms with E-state index in [0.717, 1.165) is 5.69 Å². The molecule has 1 heterocycles. The van der Waals surface area contributed by atoms with Crippen LogP contribution in [0.15, 0.2) is 24.3 Å². The second-order valence-corrected chi connectivity index (χ2v) is 5.58. The average Bonchev–Trinajstić information content (AvgIpc) is 2.68. The summed E-state index contributed by atoms with van der Waals surface area (Å²) in [6.07, 6.45) is 0.578. The van der Waals surface area contributed by atoms with Gasteiger partial charge in [0.2, 0.25) is 0 Å². The Morgan fingerprint density at radius 2 is 1.89 bits per heavy atom. The number of rotatable bonds is 4. The van der Waals surface area contributed by atoms with E-state index in [4.69, 9.17) is 5.73 Å². The molecule has 2 amide bonds. The molecule has 1 aromatic rings. The van der Waals surface area contributed by atoms with Crippen LogP contribution in [0.3, 0.4) is 0 Å². The number of urea groups is 1. The largest absolute Gasteiger partial charge is 0.399 e. The van der Waals surface area contributed by atoms with Crippen LogP contribution in [0.1, 0.15) is 20.3 Å². The van der Waals surface area contributed by atoms with Gasteiger partial charge in [0, 0.05) is 31.0 Å². The van der Waals surface area contributed by atoms with E-state index in [1.807, 2.05) is 12.1 Å². The lowest BCUT2D eigenvalue weighted by molar-refractivity contribution is 0.0636. The number of amides is 2. The van der Waals surface area contributed by atoms with Crippen molar-refractivity contribution in [1.29, 1.82) is 0 Å². The van der Waals surface area contributed by atoms with E-state index >= 15 is 0 Å². The van der Waals surface area contributed by atoms with Gasteiger partial charge in [0.05, 0.1) is 5.60 Å². The Morgan fingerprint density at radius 3 is 2.47 bits per heavy atom. The molecular weight excluding hydrogens is 242 g/mol. The van der Waals surface area contributed by atoms with E-state index in [1.54, 1.807) is 35.8 Å². The smallest absolute Gasteiger partial charge is 0.324 e. The van der Waals surface area contributed by atoms with Gasteiger partial charge in [0.1, 0.15) is 0 Å². The third kappa shape index (κ3) is 3.38. The Labute approximate surface area is 113 Å². The number of hydrogen-bond donors (Lipinski definition) is 2. The summed E-state index contributed by atoms with van der Waals surface area (Å²) in [5.41, 5.74) is 6.45. The molecule has 1 aliphatic heterocycles. The molecule has 0 bridgehead atoms. The SMILES string of the molecule is CC(C)(O)CCN1CCN(c2ccc(N)cc2)C1=O. The van der Waals surface area contributed by atoms with Crippen LogP contribution >= 0.6 is 0 Å². The van der Waals surface area contributed by atoms with Crippen LogP contribution in [0.5, 0.6) is 0 Å². The Balaban J connectivity index is 2.00. The minimum absolute atomic E-state index is 0.00554. The molecule has 0 unspecified atom stereocenters. The van der Waals surface area contributed by atoms with Crippen LogP contribution in [0.4, 0.5) is 16.2 Å². The van der Waals surface area contributed by atoms with Crippen molar-refractivity contribution in [2.45, 2.75) is 25.9 Å². The van der Waals surface area contributed by atoms with Crippen LogP contribution in [0, 0.1) is 0 Å². The summed E-state index contributed by atoms with van der Waals surface area (Å²) >= 11 is 0. The topological polar surface area (TPSA) is 69.8 Å². The average molecular weight is 263 g/mol. The molecule has 1 aliphatic rings. The number of aliphatic hydroxyl groups is 1. The van der Waals surface area contributed by atoms with Gasteiger partial charge in [-0.25, -0.2) is 4.79 Å². The molecule has 1 saturated heterocycles. The summed E-state index contributed by atoms with van der Waals surface area (Å²) in [7, 11) is 0. The Hall–Kier alpha value is -1.75. The van der Waals surface area contributed by atoms with Gasteiger partial charge in [-0.05, 0) is 44.5 Å². The molecule has 0 atom stereocenters. The lowest BCUT2D eigenvalue weighted by atomic mass is 10.1. The highest BCUT2D eigenvalue weighted by atomic mass is 16.3. The molecule has 5 nitrogen and oxygen atoms in total. The fourth-order valence-corrected chi connectivity index (χ4v) is 2.09. The molecule has 0 aromatic heterocycles. The second-order valence-electron chi connectivity index (χ2n) is 5.58. The maximum Gasteiger partial charge on any atom is 0.324 e. The standard InChI is InChI=1S/C14H21N3O2/c1-14(2,19)7-8-16-9-10-17(13(16)18)12-5-3-11(15)4-6-12/h3-6,19H,7-10,15H2,1-2H3. The second kappa shape index (κ2) is 5.09. The summed E-state index contributed by atoms with van der Waals surface area (Å²) in [5, 5.41) is 9.71. The van der Waals surface area contributed by atoms with Gasteiger partial charge >= 0.3 is 6.03 Å². The first-order valence-electron chi connectivity index (χ1n) is 6.51. The predicted molar refractivity (Wildman–Crippen MR) is 76.1 cm³/mol. The Bertz CT molecular complexity index is 451. The van der Waals surface area contributed by atoms with Crippen molar-refractivity contribution in [3.8, 4) is 0 Å². The summed E-state index contributed by atoms with van der Waals surface area (Å²) in [4.78, 5) is 15.8. The number of hydrogen-bond acceptors (Lipinski definition) is 3. The van der Waals surface area contributed by atoms with Crippen molar-refractivity contribution >= 4 is 17.4 Å². The van der Waals surface area contributed by atoms with Gasteiger partial charge < -0.3 is 15.7 Å². The minimum Gasteiger partial charge on any atom is -0.399 e. The first-order chi connectivity index (χ1) is 8.87. The Morgan fingerprint density at radius 1 is 1.26 bits per heavy atom. The molecule has 104 valence electrons. The maximum absolute atomic E-state index is 12.2. The summed E-state index contributed by atoms with van der Waals surface area (Å²) in [6, 6.07) is 7.29. The van der Waals surface area contributed by atoms with Crippen LogP contribution in [-0.4, -0.2) is 41.3 Å². The van der Waals surface area contributed by atoms with E-state index in [-0.39, 0.29) is 6.03 Å². The van der Waals surface area contributed by atoms with Crippen LogP contribution in [0.2, 0.25) is 0 Å². The van der Waals surface area contributed by atoms with Crippen LogP contribution in [0.25, 0.3) is 0 Å². The van der Waals surface area contributed by atoms with E-state index < -0.39 is 5.60 Å². The van der Waals surface area contributed by atoms with Gasteiger partial charge in [0.25, 0.3) is 0 Å². The van der Waals surface area contributed by atoms with Gasteiger partial charge in [-0.3, -0.25) is 4.90 Å². The first kappa shape index (κ1) is 13.7. The number of carbonyl (C=O) groups excluding carboxylic acids is 1. The highest BCUT2D eigenvalue weighted by Gasteiger charge is 2.30. The number of carbonyl (C=O) groups is 1. The van der Waals surface area contributed by atoms with Crippen molar-refractivity contribution in [1.82, 2.24) is 4.90 Å². The van der Waals surface area contributed by atoms with Gasteiger partial charge in [-0.15, -0.1) is 0 Å². The van der Waals surface area contributed by atoms with Crippen molar-refractivity contribution < 1.29 is 9.90 Å². The third-order valence-corrected chi connectivity index (χ3v) is 3.29. The number of nitrogen functional groups attached to an aromatic ring is 1. The van der Waals surface area contributed by atoms with E-state index in [1.165, 1.54) is 0 Å². The summed E-state index contributed by atoms with van der Waals surface area (Å²) in [5.74, 6) is 0. The van der Waals surface area contributed by atoms with Crippen molar-refractivity contribution in [2.75, 3.05) is 30.3 Å². The minimum atomic E-state index is -0.741. The molecule has 0 saturated carbocycles. The lowest BCUT2D eigenvalue weighted by Crippen LogP contribution is -2.35. The first-order valence-corrected chi connectivity index (χ1v) is 6.51. The van der Waals surface area contributed by atoms with E-state index in [9.17, 15) is 9.90 Å². The number of nitrogens with two attached hydrogens (primary N) is 1. The quantitative estimate of drug-likeness (QED) is 0.812. The van der Waals surface area contributed by atoms with Gasteiger partial charge in [0.15, 0.2) is 0 Å². The monoisotopic (exact) mass is 263 g/mol. The molecule has 3 N–H and O–H groups in total. The molecule has 0 spiro atoms. The van der Waals surface area contributed by atoms with Crippen molar-refractivity contribution in [3.05, 3.63) is 24.3 Å². The van der Waals surface area contributed by atoms with E-state index in [0.29, 0.717) is 31.7 Å². The van der Waals surface area contributed by atoms with Crippen LogP contribution in [-0.2, 0) is 0 Å². The molecule has 5 heteroatoms. The highest BCUT2D eigenvalue weighted by molar-refractivity contribution is 5.94. The number of nitrogens with zero attached hydrogens (tertiary/aromatic N) is 2. The highest BCUT2D eigenvalue weighted by Crippen LogP contribution is 2.22. The van der Waals surface area contributed by atoms with Crippen molar-refractivity contribution in [2.24, 2.45) is 0 Å². The fourth-order valence-electron chi connectivity index (χ4n) is 2.09.